The molecule has 0 radical (unpaired) electrons. The number of carbonyl (C=O) groups is 15. The summed E-state index contributed by atoms with van der Waals surface area (Å²) in [6, 6.07) is -8.60. The van der Waals surface area contributed by atoms with E-state index in [0.29, 0.717) is 18.4 Å². The molecule has 38 nitrogen and oxygen atoms in total. The Morgan fingerprint density at radius 3 is 1.29 bits per heavy atom. The topological polar surface area (TPSA) is 642 Å². The molecule has 0 heterocycles. The molecule has 0 aliphatic heterocycles. The van der Waals surface area contributed by atoms with E-state index in [1.54, 1.807) is 58.0 Å². The number of aliphatic imine (C=N–C) groups is 2. The summed E-state index contributed by atoms with van der Waals surface area (Å²) in [7, 11) is 0. The number of unbranched alkanes of at least 4 members (excludes halogenated alkanes) is 13. The van der Waals surface area contributed by atoms with Crippen LogP contribution in [0.3, 0.4) is 0 Å². The van der Waals surface area contributed by atoms with Crippen molar-refractivity contribution in [2.45, 2.75) is 294 Å². The van der Waals surface area contributed by atoms with E-state index in [2.05, 4.69) is 93.3 Å². The van der Waals surface area contributed by atoms with Gasteiger partial charge in [-0.05, 0) is 108 Å². The molecule has 0 aliphatic carbocycles. The second-order valence-corrected chi connectivity index (χ2v) is 30.0. The van der Waals surface area contributed by atoms with Gasteiger partial charge >= 0.3 is 11.9 Å². The Kier molecular flexibility index (Phi) is 52.8. The number of hydrogen-bond acceptors (Lipinski definition) is 20. The maximum absolute atomic E-state index is 14.8. The predicted molar refractivity (Wildman–Crippen MR) is 436 cm³/mol. The highest BCUT2D eigenvalue weighted by molar-refractivity contribution is 7.80. The quantitative estimate of drug-likeness (QED) is 0.0155. The van der Waals surface area contributed by atoms with Crippen LogP contribution in [-0.2, 0) is 78.3 Å². The van der Waals surface area contributed by atoms with Crippen LogP contribution in [0.2, 0.25) is 0 Å². The van der Waals surface area contributed by atoms with Gasteiger partial charge in [-0.15, -0.1) is 0 Å². The lowest BCUT2D eigenvalue weighted by Crippen LogP contribution is -2.61. The van der Waals surface area contributed by atoms with Crippen LogP contribution in [0.1, 0.15) is 221 Å². The molecular weight excluding hydrogens is 1510 g/mol. The standard InChI is InChI=1S/C76H132N20O18S/c1-8-9-10-11-12-13-14-15-16-17-18-19-23-33-60(99)88-58(44-115)72(111)86-47(6)64(103)96-63(48(7)97)73(112)92-53(34-35-59(78)98)69(108)93-54(39-45(2)3)70(109)91-51(31-26-37-83-75(79)80)66(105)89-52(32-27-38-84-76(81)82)67(106)94-55(41-49-28-21-20-22-29-49)65(104)85-43-61(100)87-56(42-62(101)102)71(110)90-50(30-24-25-36-77)68(107)95-57(74(113)114)40-46(4)5/h20-22,28-29,45-48,50-58,63,97,115H,8-19,23-27,30-44,77H2,1-7H3,(H2,78,98)(H,85,104)(H,86,111)(H,87,100)(H,88,99)(H,89,105)(H,90,110)(H,91,109)(H,92,112)(H,93,108)(H,94,106)(H,95,107)(H,96,103)(H,101,102)(H,113,114)(H4,79,80,83)(H4,81,82,84)/t47-,48+,50-,51-,52-,53-,54-,55-,56-,57-,58-,63-/m0/s1. The number of guanidine groups is 2. The number of nitrogens with one attached hydrogen (secondary N) is 12. The van der Waals surface area contributed by atoms with E-state index in [9.17, 15) is 87.2 Å². The fraction of sp³-hybridized carbons (Fsp3) is 0.697. The first-order chi connectivity index (χ1) is 54.4. The van der Waals surface area contributed by atoms with E-state index < -0.39 is 181 Å². The highest BCUT2D eigenvalue weighted by Crippen LogP contribution is 2.16. The molecule has 12 atom stereocenters. The van der Waals surface area contributed by atoms with E-state index in [4.69, 9.17) is 34.4 Å². The molecule has 650 valence electrons. The Labute approximate surface area is 679 Å². The molecule has 0 saturated carbocycles. The average molecular weight is 1650 g/mol. The number of aliphatic hydroxyl groups is 1. The first-order valence-electron chi connectivity index (χ1n) is 39.9. The van der Waals surface area contributed by atoms with Crippen LogP contribution in [0.4, 0.5) is 0 Å². The van der Waals surface area contributed by atoms with Gasteiger partial charge in [-0.25, -0.2) is 4.79 Å². The lowest BCUT2D eigenvalue weighted by molar-refractivity contribution is -0.143. The van der Waals surface area contributed by atoms with E-state index in [1.807, 2.05) is 0 Å². The number of primary amides is 1. The van der Waals surface area contributed by atoms with Crippen molar-refractivity contribution in [3.05, 3.63) is 35.9 Å². The number of carboxylic acid groups (broad SMARTS) is 2. The van der Waals surface area contributed by atoms with Gasteiger partial charge in [0.25, 0.3) is 0 Å². The lowest BCUT2D eigenvalue weighted by Gasteiger charge is -2.29. The van der Waals surface area contributed by atoms with Crippen molar-refractivity contribution in [1.82, 2.24) is 63.8 Å². The van der Waals surface area contributed by atoms with Gasteiger partial charge in [0.2, 0.25) is 76.8 Å². The third-order valence-corrected chi connectivity index (χ3v) is 18.6. The predicted octanol–water partition coefficient (Wildman–Crippen LogP) is -1.36. The molecular formula is C76H132N20O18S. The van der Waals surface area contributed by atoms with E-state index >= 15 is 0 Å². The molecule has 39 heteroatoms. The van der Waals surface area contributed by atoms with Gasteiger partial charge in [0, 0.05) is 38.1 Å². The monoisotopic (exact) mass is 1640 g/mol. The van der Waals surface area contributed by atoms with Gasteiger partial charge < -0.3 is 114 Å². The number of hydrogen-bond donors (Lipinski definition) is 22. The Bertz CT molecular complexity index is 3290. The van der Waals surface area contributed by atoms with Crippen molar-refractivity contribution in [1.29, 1.82) is 0 Å². The average Bonchev–Trinajstić information content (AvgIpc) is 0.856. The van der Waals surface area contributed by atoms with Crippen molar-refractivity contribution < 1.29 is 87.2 Å². The summed E-state index contributed by atoms with van der Waals surface area (Å²) in [5, 5.41) is 60.2. The molecule has 115 heavy (non-hydrogen) atoms. The van der Waals surface area contributed by atoms with Crippen molar-refractivity contribution in [2.24, 2.45) is 56.2 Å². The maximum atomic E-state index is 14.8. The number of carboxylic acids is 2. The van der Waals surface area contributed by atoms with Crippen LogP contribution in [0, 0.1) is 11.8 Å². The minimum Gasteiger partial charge on any atom is -0.481 e. The maximum Gasteiger partial charge on any atom is 0.326 e. The second-order valence-electron chi connectivity index (χ2n) is 29.6. The SMILES string of the molecule is CCCCCCCCCCCCCCCC(=O)N[C@@H](CS)C(=O)N[C@@H](C)C(=O)N[C@H](C(=O)N[C@@H](CCC(N)=O)C(=O)N[C@@H](CC(C)C)C(=O)N[C@@H](CCCN=C(N)N)C(=O)N[C@@H](CCCN=C(N)N)C(=O)N[C@@H](Cc1ccccc1)C(=O)NCC(=O)N[C@@H](CC(=O)O)C(=O)N[C@@H](CCCCN)C(=O)N[C@@H](CC(C)C)C(=O)O)[C@@H](C)O. The summed E-state index contributed by atoms with van der Waals surface area (Å²) in [6.07, 6.45) is 11.0. The van der Waals surface area contributed by atoms with Crippen molar-refractivity contribution in [2.75, 3.05) is 31.9 Å². The van der Waals surface area contributed by atoms with E-state index in [-0.39, 0.29) is 119 Å². The molecule has 0 fully saturated rings. The number of rotatable bonds is 63. The van der Waals surface area contributed by atoms with E-state index in [1.165, 1.54) is 58.3 Å². The summed E-state index contributed by atoms with van der Waals surface area (Å²) in [6.45, 7) is 10.6. The summed E-state index contributed by atoms with van der Waals surface area (Å²) < 4.78 is 0. The molecule has 1 aromatic rings. The minimum atomic E-state index is -1.85. The van der Waals surface area contributed by atoms with Gasteiger partial charge in [-0.1, -0.05) is 142 Å². The number of carbonyl (C=O) groups excluding carboxylic acids is 13. The summed E-state index contributed by atoms with van der Waals surface area (Å²) in [5.74, 6) is -16.5. The van der Waals surface area contributed by atoms with Gasteiger partial charge in [0.15, 0.2) is 11.9 Å². The molecule has 0 aliphatic rings. The summed E-state index contributed by atoms with van der Waals surface area (Å²) in [5.41, 5.74) is 34.0. The fourth-order valence-electron chi connectivity index (χ4n) is 12.0. The number of nitrogens with zero attached hydrogens (tertiary/aromatic N) is 2. The third-order valence-electron chi connectivity index (χ3n) is 18.2. The van der Waals surface area contributed by atoms with Gasteiger partial charge in [0.05, 0.1) is 19.1 Å². The van der Waals surface area contributed by atoms with Crippen molar-refractivity contribution >= 4 is 113 Å². The smallest absolute Gasteiger partial charge is 0.326 e. The Morgan fingerprint density at radius 2 is 0.835 bits per heavy atom. The zero-order valence-corrected chi connectivity index (χ0v) is 68.8. The van der Waals surface area contributed by atoms with Crippen LogP contribution >= 0.6 is 12.6 Å². The number of thiol groups is 1. The zero-order valence-electron chi connectivity index (χ0n) is 67.9. The highest BCUT2D eigenvalue weighted by Gasteiger charge is 2.37. The third kappa shape index (κ3) is 46.9. The Balaban J connectivity index is 3.55. The second kappa shape index (κ2) is 58.9. The van der Waals surface area contributed by atoms with Crippen molar-refractivity contribution in [3.63, 3.8) is 0 Å². The first kappa shape index (κ1) is 103. The summed E-state index contributed by atoms with van der Waals surface area (Å²) >= 11 is 4.24. The Hall–Kier alpha value is -9.92. The van der Waals surface area contributed by atoms with Gasteiger partial charge in [-0.3, -0.25) is 77.1 Å². The van der Waals surface area contributed by atoms with Crippen LogP contribution in [-0.4, -0.2) is 220 Å². The van der Waals surface area contributed by atoms with Gasteiger partial charge in [-0.2, -0.15) is 12.6 Å². The molecule has 0 saturated heterocycles. The molecule has 27 N–H and O–H groups in total. The molecule has 0 unspecified atom stereocenters. The zero-order chi connectivity index (χ0) is 86.5. The molecule has 1 rings (SSSR count). The number of aliphatic carboxylic acids is 2. The molecule has 0 bridgehead atoms. The minimum absolute atomic E-state index is 0.00898. The molecule has 0 spiro atoms. The number of amides is 13. The number of benzene rings is 1. The van der Waals surface area contributed by atoms with Crippen LogP contribution < -0.4 is 98.2 Å². The fourth-order valence-corrected chi connectivity index (χ4v) is 12.2. The lowest BCUT2D eigenvalue weighted by atomic mass is 10.0. The Morgan fingerprint density at radius 1 is 0.417 bits per heavy atom. The van der Waals surface area contributed by atoms with Crippen LogP contribution in [0.15, 0.2) is 40.3 Å². The van der Waals surface area contributed by atoms with Crippen LogP contribution in [0.25, 0.3) is 0 Å². The molecule has 1 aromatic carbocycles. The van der Waals surface area contributed by atoms with E-state index in [0.717, 1.165) is 32.6 Å². The first-order valence-corrected chi connectivity index (χ1v) is 40.5. The van der Waals surface area contributed by atoms with Crippen molar-refractivity contribution in [3.8, 4) is 0 Å². The molecule has 13 amide bonds. The summed E-state index contributed by atoms with van der Waals surface area (Å²) in [4.78, 5) is 212. The normalized spacial score (nSPS) is 14.2. The number of aliphatic hydroxyl groups excluding tert-OH is 1. The largest absolute Gasteiger partial charge is 0.481 e. The molecule has 0 aromatic heterocycles. The van der Waals surface area contributed by atoms with Crippen LogP contribution in [0.5, 0.6) is 0 Å². The number of nitrogens with two attached hydrogens (primary N) is 6. The van der Waals surface area contributed by atoms with Gasteiger partial charge in [0.1, 0.15) is 66.5 Å². The highest BCUT2D eigenvalue weighted by atomic mass is 32.1.